The third-order valence-electron chi connectivity index (χ3n) is 2.48. The van der Waals surface area contributed by atoms with E-state index in [1.807, 2.05) is 0 Å². The fraction of sp³-hybridized carbons (Fsp3) is 0.308. The van der Waals surface area contributed by atoms with E-state index < -0.39 is 11.8 Å². The van der Waals surface area contributed by atoms with Crippen LogP contribution in [0.3, 0.4) is 0 Å². The van der Waals surface area contributed by atoms with Crippen LogP contribution in [0.15, 0.2) is 12.1 Å². The third-order valence-corrected chi connectivity index (χ3v) is 2.78. The zero-order valence-corrected chi connectivity index (χ0v) is 12.0. The first kappa shape index (κ1) is 15.2. The Bertz CT molecular complexity index is 541. The zero-order valence-electron chi connectivity index (χ0n) is 11.2. The van der Waals surface area contributed by atoms with Gasteiger partial charge < -0.3 is 5.32 Å². The highest BCUT2D eigenvalue weighted by Crippen LogP contribution is 2.32. The Labute approximate surface area is 116 Å². The maximum Gasteiger partial charge on any atom is 0.230 e. The van der Waals surface area contributed by atoms with Gasteiger partial charge in [-0.05, 0) is 24.6 Å². The minimum atomic E-state index is -0.416. The van der Waals surface area contributed by atoms with Crippen molar-refractivity contribution >= 4 is 40.7 Å². The van der Waals surface area contributed by atoms with Gasteiger partial charge >= 0.3 is 0 Å². The molecule has 0 atom stereocenters. The van der Waals surface area contributed by atoms with E-state index in [1.165, 1.54) is 26.8 Å². The number of nitrogens with zero attached hydrogens (tertiary/aromatic N) is 1. The van der Waals surface area contributed by atoms with Gasteiger partial charge in [0.15, 0.2) is 0 Å². The predicted octanol–water partition coefficient (Wildman–Crippen LogP) is 2.51. The van der Waals surface area contributed by atoms with Crippen molar-refractivity contribution < 1.29 is 14.4 Å². The highest BCUT2D eigenvalue weighted by molar-refractivity contribution is 6.35. The van der Waals surface area contributed by atoms with Gasteiger partial charge in [-0.3, -0.25) is 14.4 Å². The Balaban J connectivity index is 3.31. The molecule has 0 unspecified atom stereocenters. The molecule has 6 heteroatoms. The Kier molecular flexibility index (Phi) is 4.67. The van der Waals surface area contributed by atoms with Crippen molar-refractivity contribution in [2.45, 2.75) is 27.7 Å². The lowest BCUT2D eigenvalue weighted by atomic mass is 10.1. The van der Waals surface area contributed by atoms with Gasteiger partial charge in [0.1, 0.15) is 0 Å². The number of hydrogen-bond acceptors (Lipinski definition) is 3. The number of imide groups is 1. The number of amides is 3. The van der Waals surface area contributed by atoms with Gasteiger partial charge in [-0.15, -0.1) is 0 Å². The van der Waals surface area contributed by atoms with E-state index in [-0.39, 0.29) is 10.9 Å². The van der Waals surface area contributed by atoms with Crippen LogP contribution in [0.2, 0.25) is 5.02 Å². The van der Waals surface area contributed by atoms with Crippen LogP contribution in [-0.2, 0) is 14.4 Å². The quantitative estimate of drug-likeness (QED) is 0.906. The first-order chi connectivity index (χ1) is 8.73. The van der Waals surface area contributed by atoms with E-state index >= 15 is 0 Å². The summed E-state index contributed by atoms with van der Waals surface area (Å²) in [7, 11) is 0. The lowest BCUT2D eigenvalue weighted by Crippen LogP contribution is -2.33. The minimum Gasteiger partial charge on any atom is -0.326 e. The fourth-order valence-corrected chi connectivity index (χ4v) is 1.97. The summed E-state index contributed by atoms with van der Waals surface area (Å²) in [6.07, 6.45) is 0. The highest BCUT2D eigenvalue weighted by Gasteiger charge is 2.20. The summed E-state index contributed by atoms with van der Waals surface area (Å²) in [4.78, 5) is 35.0. The normalized spacial score (nSPS) is 9.95. The lowest BCUT2D eigenvalue weighted by molar-refractivity contribution is -0.124. The van der Waals surface area contributed by atoms with Gasteiger partial charge in [0.25, 0.3) is 0 Å². The van der Waals surface area contributed by atoms with Gasteiger partial charge in [-0.2, -0.15) is 0 Å². The molecule has 0 aliphatic heterocycles. The summed E-state index contributed by atoms with van der Waals surface area (Å²) in [5, 5.41) is 2.85. The Morgan fingerprint density at radius 1 is 1.11 bits per heavy atom. The standard InChI is InChI=1S/C13H15ClN2O3/c1-7-5-13(16(9(3)18)10(4)19)11(14)6-12(7)15-8(2)17/h5-6H,1-4H3,(H,15,17). The SMILES string of the molecule is CC(=O)Nc1cc(Cl)c(N(C(C)=O)C(C)=O)cc1C. The average Bonchev–Trinajstić information content (AvgIpc) is 2.23. The van der Waals surface area contributed by atoms with Crippen LogP contribution < -0.4 is 10.2 Å². The number of hydrogen-bond donors (Lipinski definition) is 1. The van der Waals surface area contributed by atoms with Gasteiger partial charge in [0, 0.05) is 26.5 Å². The number of halogens is 1. The maximum atomic E-state index is 11.5. The Morgan fingerprint density at radius 3 is 2.05 bits per heavy atom. The van der Waals surface area contributed by atoms with Crippen molar-refractivity contribution in [1.82, 2.24) is 0 Å². The molecule has 1 aromatic rings. The Morgan fingerprint density at radius 2 is 1.63 bits per heavy atom. The molecule has 5 nitrogen and oxygen atoms in total. The van der Waals surface area contributed by atoms with Crippen molar-refractivity contribution in [3.8, 4) is 0 Å². The van der Waals surface area contributed by atoms with Gasteiger partial charge in [-0.1, -0.05) is 11.6 Å². The van der Waals surface area contributed by atoms with E-state index in [1.54, 1.807) is 13.0 Å². The van der Waals surface area contributed by atoms with E-state index in [4.69, 9.17) is 11.6 Å². The van der Waals surface area contributed by atoms with E-state index in [2.05, 4.69) is 5.32 Å². The number of carbonyl (C=O) groups excluding carboxylic acids is 3. The lowest BCUT2D eigenvalue weighted by Gasteiger charge is -2.20. The molecule has 0 bridgehead atoms. The van der Waals surface area contributed by atoms with Crippen molar-refractivity contribution in [3.63, 3.8) is 0 Å². The first-order valence-corrected chi connectivity index (χ1v) is 6.00. The zero-order chi connectivity index (χ0) is 14.7. The minimum absolute atomic E-state index is 0.220. The molecule has 0 aromatic heterocycles. The summed E-state index contributed by atoms with van der Waals surface area (Å²) in [5.74, 6) is -1.05. The Hall–Kier alpha value is -1.88. The molecule has 1 aromatic carbocycles. The molecule has 102 valence electrons. The van der Waals surface area contributed by atoms with Crippen LogP contribution in [0.1, 0.15) is 26.3 Å². The monoisotopic (exact) mass is 282 g/mol. The van der Waals surface area contributed by atoms with Gasteiger partial charge in [0.2, 0.25) is 17.7 Å². The first-order valence-electron chi connectivity index (χ1n) is 5.63. The summed E-state index contributed by atoms with van der Waals surface area (Å²) >= 11 is 6.07. The van der Waals surface area contributed by atoms with E-state index in [9.17, 15) is 14.4 Å². The van der Waals surface area contributed by atoms with Crippen LogP contribution in [0.25, 0.3) is 0 Å². The molecule has 0 aliphatic carbocycles. The molecule has 0 saturated heterocycles. The molecule has 3 amide bonds. The maximum absolute atomic E-state index is 11.5. The second-order valence-corrected chi connectivity index (χ2v) is 4.58. The summed E-state index contributed by atoms with van der Waals surface area (Å²) in [6, 6.07) is 3.11. The van der Waals surface area contributed by atoms with Crippen LogP contribution in [0, 0.1) is 6.92 Å². The fourth-order valence-electron chi connectivity index (χ4n) is 1.72. The highest BCUT2D eigenvalue weighted by atomic mass is 35.5. The molecule has 0 aliphatic rings. The number of nitrogens with one attached hydrogen (secondary N) is 1. The van der Waals surface area contributed by atoms with Crippen LogP contribution in [0.5, 0.6) is 0 Å². The molecular formula is C13H15ClN2O3. The van der Waals surface area contributed by atoms with Crippen LogP contribution >= 0.6 is 11.6 Å². The molecule has 0 radical (unpaired) electrons. The number of rotatable bonds is 2. The second kappa shape index (κ2) is 5.84. The van der Waals surface area contributed by atoms with Crippen molar-refractivity contribution in [2.24, 2.45) is 0 Å². The number of anilines is 2. The van der Waals surface area contributed by atoms with Crippen molar-refractivity contribution in [2.75, 3.05) is 10.2 Å². The largest absolute Gasteiger partial charge is 0.326 e. The van der Waals surface area contributed by atoms with E-state index in [0.717, 1.165) is 4.90 Å². The smallest absolute Gasteiger partial charge is 0.230 e. The van der Waals surface area contributed by atoms with Gasteiger partial charge in [-0.25, -0.2) is 4.90 Å². The molecular weight excluding hydrogens is 268 g/mol. The molecule has 1 N–H and O–H groups in total. The van der Waals surface area contributed by atoms with Crippen LogP contribution in [0.4, 0.5) is 11.4 Å². The number of benzene rings is 1. The van der Waals surface area contributed by atoms with E-state index in [0.29, 0.717) is 16.9 Å². The molecule has 0 heterocycles. The van der Waals surface area contributed by atoms with Crippen molar-refractivity contribution in [3.05, 3.63) is 22.7 Å². The molecule has 19 heavy (non-hydrogen) atoms. The number of carbonyl (C=O) groups is 3. The van der Waals surface area contributed by atoms with Crippen molar-refractivity contribution in [1.29, 1.82) is 0 Å². The number of aryl methyl sites for hydroxylation is 1. The molecule has 0 saturated carbocycles. The second-order valence-electron chi connectivity index (χ2n) is 4.17. The average molecular weight is 283 g/mol. The predicted molar refractivity (Wildman–Crippen MR) is 74.3 cm³/mol. The third kappa shape index (κ3) is 3.54. The molecule has 0 fully saturated rings. The topological polar surface area (TPSA) is 66.5 Å². The van der Waals surface area contributed by atoms with Crippen LogP contribution in [-0.4, -0.2) is 17.7 Å². The van der Waals surface area contributed by atoms with Gasteiger partial charge in [0.05, 0.1) is 10.7 Å². The molecule has 0 spiro atoms. The summed E-state index contributed by atoms with van der Waals surface area (Å²) in [5.41, 5.74) is 1.57. The summed E-state index contributed by atoms with van der Waals surface area (Å²) in [6.45, 7) is 5.71. The summed E-state index contributed by atoms with van der Waals surface area (Å²) < 4.78 is 0. The molecule has 1 rings (SSSR count).